The van der Waals surface area contributed by atoms with Gasteiger partial charge < -0.3 is 14.7 Å². The highest BCUT2D eigenvalue weighted by Crippen LogP contribution is 2.42. The summed E-state index contributed by atoms with van der Waals surface area (Å²) in [6.07, 6.45) is 9.24. The third kappa shape index (κ3) is 3.18. The number of rotatable bonds is 4. The normalized spacial score (nSPS) is 32.2. The van der Waals surface area contributed by atoms with Crippen LogP contribution in [0.4, 0.5) is 0 Å². The van der Waals surface area contributed by atoms with E-state index in [1.807, 2.05) is 30.3 Å². The maximum atomic E-state index is 13.3. The van der Waals surface area contributed by atoms with Crippen molar-refractivity contribution in [2.75, 3.05) is 7.05 Å². The molecule has 0 radical (unpaired) electrons. The van der Waals surface area contributed by atoms with Crippen LogP contribution in [0.25, 0.3) is 0 Å². The van der Waals surface area contributed by atoms with Crippen LogP contribution in [0.5, 0.6) is 0 Å². The first kappa shape index (κ1) is 18.0. The summed E-state index contributed by atoms with van der Waals surface area (Å²) in [5, 5.41) is 11.6. The van der Waals surface area contributed by atoms with Gasteiger partial charge in [0.05, 0.1) is 0 Å². The third-order valence-electron chi connectivity index (χ3n) is 7.05. The molecule has 2 bridgehead atoms. The number of hydrogen-bond donors (Lipinski definition) is 1. The van der Waals surface area contributed by atoms with Crippen molar-refractivity contribution in [3.63, 3.8) is 0 Å². The summed E-state index contributed by atoms with van der Waals surface area (Å²) in [6.45, 7) is 0. The van der Waals surface area contributed by atoms with Crippen LogP contribution in [0.3, 0.4) is 0 Å². The fraction of sp³-hybridized carbons (Fsp3) is 0.682. The lowest BCUT2D eigenvalue weighted by molar-refractivity contribution is -0.184. The van der Waals surface area contributed by atoms with Crippen LogP contribution in [-0.4, -0.2) is 41.2 Å². The summed E-state index contributed by atoms with van der Waals surface area (Å²) in [5.74, 6) is -0.473. The molecule has 1 aromatic rings. The molecular formula is C22H31NO3. The zero-order chi connectivity index (χ0) is 18.1. The molecule has 142 valence electrons. The summed E-state index contributed by atoms with van der Waals surface area (Å²) in [6, 6.07) is 10.5. The van der Waals surface area contributed by atoms with E-state index >= 15 is 0 Å². The van der Waals surface area contributed by atoms with Crippen molar-refractivity contribution in [1.29, 1.82) is 0 Å². The number of nitrogens with zero attached hydrogens (tertiary/aromatic N) is 1. The first-order chi connectivity index (χ1) is 12.6. The van der Waals surface area contributed by atoms with Crippen molar-refractivity contribution in [2.24, 2.45) is 5.92 Å². The van der Waals surface area contributed by atoms with Gasteiger partial charge in [0.2, 0.25) is 0 Å². The molecule has 1 unspecified atom stereocenters. The minimum absolute atomic E-state index is 0.0471. The molecule has 1 aromatic carbocycles. The lowest BCUT2D eigenvalue weighted by Gasteiger charge is -2.40. The highest BCUT2D eigenvalue weighted by atomic mass is 16.6. The van der Waals surface area contributed by atoms with Crippen LogP contribution in [0.2, 0.25) is 0 Å². The summed E-state index contributed by atoms with van der Waals surface area (Å²) in [5.41, 5.74) is -0.822. The lowest BCUT2D eigenvalue weighted by atomic mass is 9.73. The van der Waals surface area contributed by atoms with Gasteiger partial charge in [-0.25, -0.2) is 4.79 Å². The second kappa shape index (κ2) is 7.32. The van der Waals surface area contributed by atoms with Gasteiger partial charge in [0, 0.05) is 18.0 Å². The van der Waals surface area contributed by atoms with E-state index in [-0.39, 0.29) is 12.0 Å². The molecule has 3 aliphatic rings. The molecule has 1 saturated carbocycles. The Morgan fingerprint density at radius 2 is 1.65 bits per heavy atom. The van der Waals surface area contributed by atoms with Crippen molar-refractivity contribution in [3.05, 3.63) is 35.9 Å². The Morgan fingerprint density at radius 1 is 1.04 bits per heavy atom. The molecule has 4 atom stereocenters. The number of esters is 1. The van der Waals surface area contributed by atoms with Crippen LogP contribution >= 0.6 is 0 Å². The van der Waals surface area contributed by atoms with Crippen LogP contribution in [0, 0.1) is 5.92 Å². The topological polar surface area (TPSA) is 49.8 Å². The second-order valence-corrected chi connectivity index (χ2v) is 8.52. The molecular weight excluding hydrogens is 326 g/mol. The SMILES string of the molecule is CN1[C@@H]2CC[C@H]1CC(OC(=O)[C@@](O)(c1ccccc1)C1CCCCC1)C2. The molecule has 4 heteroatoms. The van der Waals surface area contributed by atoms with Gasteiger partial charge in [-0.05, 0) is 51.1 Å². The van der Waals surface area contributed by atoms with E-state index in [0.717, 1.165) is 38.5 Å². The number of fused-ring (bicyclic) bond motifs is 2. The summed E-state index contributed by atoms with van der Waals surface area (Å²) < 4.78 is 5.98. The zero-order valence-corrected chi connectivity index (χ0v) is 15.8. The number of benzene rings is 1. The van der Waals surface area contributed by atoms with E-state index in [2.05, 4.69) is 11.9 Å². The first-order valence-corrected chi connectivity index (χ1v) is 10.3. The van der Waals surface area contributed by atoms with Crippen LogP contribution in [-0.2, 0) is 15.1 Å². The second-order valence-electron chi connectivity index (χ2n) is 8.52. The highest BCUT2D eigenvalue weighted by Gasteiger charge is 2.49. The van der Waals surface area contributed by atoms with Crippen molar-refractivity contribution in [3.8, 4) is 0 Å². The molecule has 4 nitrogen and oxygen atoms in total. The van der Waals surface area contributed by atoms with E-state index in [9.17, 15) is 9.90 Å². The number of hydrogen-bond acceptors (Lipinski definition) is 4. The number of aliphatic hydroxyl groups is 1. The van der Waals surface area contributed by atoms with Crippen LogP contribution < -0.4 is 0 Å². The Balaban J connectivity index is 1.55. The van der Waals surface area contributed by atoms with Gasteiger partial charge in [-0.3, -0.25) is 0 Å². The third-order valence-corrected chi connectivity index (χ3v) is 7.05. The Morgan fingerprint density at radius 3 is 2.27 bits per heavy atom. The van der Waals surface area contributed by atoms with Gasteiger partial charge in [-0.2, -0.15) is 0 Å². The minimum atomic E-state index is -1.51. The van der Waals surface area contributed by atoms with Crippen LogP contribution in [0.1, 0.15) is 63.4 Å². The molecule has 1 aliphatic carbocycles. The van der Waals surface area contributed by atoms with Crippen molar-refractivity contribution in [1.82, 2.24) is 4.90 Å². The van der Waals surface area contributed by atoms with E-state index in [1.54, 1.807) is 0 Å². The molecule has 2 heterocycles. The molecule has 0 spiro atoms. The molecule has 2 aliphatic heterocycles. The molecule has 4 rings (SSSR count). The number of carbonyl (C=O) groups is 1. The van der Waals surface area contributed by atoms with Gasteiger partial charge >= 0.3 is 5.97 Å². The summed E-state index contributed by atoms with van der Waals surface area (Å²) in [7, 11) is 2.18. The maximum Gasteiger partial charge on any atom is 0.343 e. The zero-order valence-electron chi connectivity index (χ0n) is 15.8. The first-order valence-electron chi connectivity index (χ1n) is 10.3. The maximum absolute atomic E-state index is 13.3. The number of carbonyl (C=O) groups excluding carboxylic acids is 1. The minimum Gasteiger partial charge on any atom is -0.460 e. The Labute approximate surface area is 156 Å². The smallest absolute Gasteiger partial charge is 0.343 e. The van der Waals surface area contributed by atoms with Crippen molar-refractivity contribution < 1.29 is 14.6 Å². The Bertz CT molecular complexity index is 614. The van der Waals surface area contributed by atoms with E-state index in [4.69, 9.17) is 4.74 Å². The van der Waals surface area contributed by atoms with Gasteiger partial charge in [0.25, 0.3) is 0 Å². The molecule has 26 heavy (non-hydrogen) atoms. The monoisotopic (exact) mass is 357 g/mol. The number of piperidine rings is 1. The molecule has 2 saturated heterocycles. The fourth-order valence-electron chi connectivity index (χ4n) is 5.43. The fourth-order valence-corrected chi connectivity index (χ4v) is 5.43. The van der Waals surface area contributed by atoms with Gasteiger partial charge in [-0.15, -0.1) is 0 Å². The Kier molecular flexibility index (Phi) is 5.07. The van der Waals surface area contributed by atoms with E-state index in [1.165, 1.54) is 19.3 Å². The molecule has 1 N–H and O–H groups in total. The van der Waals surface area contributed by atoms with Gasteiger partial charge in [-0.1, -0.05) is 49.6 Å². The number of ether oxygens (including phenoxy) is 1. The van der Waals surface area contributed by atoms with Crippen molar-refractivity contribution >= 4 is 5.97 Å². The van der Waals surface area contributed by atoms with Gasteiger partial charge in [0.1, 0.15) is 6.10 Å². The summed E-state index contributed by atoms with van der Waals surface area (Å²) >= 11 is 0. The quantitative estimate of drug-likeness (QED) is 0.836. The average molecular weight is 357 g/mol. The highest BCUT2D eigenvalue weighted by molar-refractivity contribution is 5.81. The van der Waals surface area contributed by atoms with E-state index in [0.29, 0.717) is 17.6 Å². The standard InChI is InChI=1S/C22H31NO3/c1-23-18-12-13-19(23)15-20(14-18)26-21(24)22(25,16-8-4-2-5-9-16)17-10-6-3-7-11-17/h2,4-5,8-9,17-20,25H,3,6-7,10-15H2,1H3/t18-,19+,20?,22-/m1/s1. The molecule has 0 aromatic heterocycles. The van der Waals surface area contributed by atoms with Crippen LogP contribution in [0.15, 0.2) is 30.3 Å². The lowest BCUT2D eigenvalue weighted by Crippen LogP contribution is -2.49. The molecule has 3 fully saturated rings. The average Bonchev–Trinajstić information content (AvgIpc) is 2.89. The largest absolute Gasteiger partial charge is 0.460 e. The predicted octanol–water partition coefficient (Wildman–Crippen LogP) is 3.62. The van der Waals surface area contributed by atoms with Crippen molar-refractivity contribution in [2.45, 2.75) is 81.6 Å². The van der Waals surface area contributed by atoms with Gasteiger partial charge in [0.15, 0.2) is 5.60 Å². The summed E-state index contributed by atoms with van der Waals surface area (Å²) in [4.78, 5) is 15.7. The molecule has 0 amide bonds. The predicted molar refractivity (Wildman–Crippen MR) is 101 cm³/mol. The Hall–Kier alpha value is -1.39. The van der Waals surface area contributed by atoms with E-state index < -0.39 is 11.6 Å².